The van der Waals surface area contributed by atoms with Crippen molar-refractivity contribution in [1.82, 2.24) is 16.2 Å². The summed E-state index contributed by atoms with van der Waals surface area (Å²) in [6.45, 7) is 2.41. The fourth-order valence-electron chi connectivity index (χ4n) is 2.94. The van der Waals surface area contributed by atoms with Crippen LogP contribution in [0, 0.1) is 0 Å². The van der Waals surface area contributed by atoms with Crippen molar-refractivity contribution in [2.45, 2.75) is 25.4 Å². The Kier molecular flexibility index (Phi) is 7.02. The largest absolute Gasteiger partial charge is 0.494 e. The summed E-state index contributed by atoms with van der Waals surface area (Å²) in [6.07, 6.45) is 0.605. The van der Waals surface area contributed by atoms with Crippen LogP contribution in [0.5, 0.6) is 5.75 Å². The maximum atomic E-state index is 12.3. The van der Waals surface area contributed by atoms with Crippen molar-refractivity contribution in [3.05, 3.63) is 58.6 Å². The van der Waals surface area contributed by atoms with Gasteiger partial charge in [0.2, 0.25) is 11.8 Å². The summed E-state index contributed by atoms with van der Waals surface area (Å²) in [5.41, 5.74) is 7.87. The molecule has 0 aromatic heterocycles. The highest BCUT2D eigenvalue weighted by atomic mass is 79.9. The normalized spacial score (nSPS) is 18.5. The quantitative estimate of drug-likeness (QED) is 0.524. The molecule has 0 saturated carbocycles. The first kappa shape index (κ1) is 20.3. The van der Waals surface area contributed by atoms with Gasteiger partial charge in [-0.2, -0.15) is 0 Å². The van der Waals surface area contributed by atoms with E-state index in [1.807, 2.05) is 31.2 Å². The summed E-state index contributed by atoms with van der Waals surface area (Å²) in [4.78, 5) is 24.4. The molecule has 1 aliphatic heterocycles. The van der Waals surface area contributed by atoms with Gasteiger partial charge in [0.05, 0.1) is 13.2 Å². The number of carbonyl (C=O) groups excluding carboxylic acids is 2. The van der Waals surface area contributed by atoms with Crippen LogP contribution >= 0.6 is 15.9 Å². The van der Waals surface area contributed by atoms with Crippen LogP contribution in [0.2, 0.25) is 0 Å². The molecule has 1 heterocycles. The molecule has 2 unspecified atom stereocenters. The van der Waals surface area contributed by atoms with Crippen LogP contribution in [0.15, 0.2) is 53.0 Å². The molecular formula is C20H23BrN4O3. The Morgan fingerprint density at radius 1 is 1.11 bits per heavy atom. The van der Waals surface area contributed by atoms with E-state index in [4.69, 9.17) is 4.74 Å². The number of carbonyl (C=O) groups is 2. The van der Waals surface area contributed by atoms with Crippen LogP contribution in [0.3, 0.4) is 0 Å². The third kappa shape index (κ3) is 5.54. The van der Waals surface area contributed by atoms with Gasteiger partial charge in [0.15, 0.2) is 0 Å². The molecule has 0 radical (unpaired) electrons. The molecule has 28 heavy (non-hydrogen) atoms. The lowest BCUT2D eigenvalue weighted by molar-refractivity contribution is -0.125. The highest BCUT2D eigenvalue weighted by Gasteiger charge is 2.30. The highest BCUT2D eigenvalue weighted by molar-refractivity contribution is 9.10. The fraction of sp³-hybridized carbons (Fsp3) is 0.300. The molecule has 8 heteroatoms. The average Bonchev–Trinajstić information content (AvgIpc) is 3.19. The van der Waals surface area contributed by atoms with Crippen molar-refractivity contribution in [2.75, 3.05) is 18.5 Å². The number of benzene rings is 2. The van der Waals surface area contributed by atoms with Gasteiger partial charge in [0.25, 0.3) is 0 Å². The van der Waals surface area contributed by atoms with Gasteiger partial charge in [-0.3, -0.25) is 9.59 Å². The molecule has 148 valence electrons. The van der Waals surface area contributed by atoms with E-state index in [1.54, 1.807) is 24.3 Å². The van der Waals surface area contributed by atoms with E-state index >= 15 is 0 Å². The van der Waals surface area contributed by atoms with E-state index in [2.05, 4.69) is 37.4 Å². The number of hydrogen-bond acceptors (Lipinski definition) is 5. The van der Waals surface area contributed by atoms with Crippen LogP contribution in [-0.2, 0) is 9.59 Å². The van der Waals surface area contributed by atoms with Crippen molar-refractivity contribution < 1.29 is 14.3 Å². The topological polar surface area (TPSA) is 91.5 Å². The summed E-state index contributed by atoms with van der Waals surface area (Å²) in [5.74, 6) is 0.246. The number of amides is 2. The van der Waals surface area contributed by atoms with Crippen molar-refractivity contribution in [1.29, 1.82) is 0 Å². The van der Waals surface area contributed by atoms with E-state index in [-0.39, 0.29) is 24.4 Å². The SMILES string of the molecule is CCOc1ccc(NC(=O)CNC(=O)C2CC(c3ccc(Br)cc3)NN2)cc1. The standard InChI is InChI=1S/C20H23BrN4O3/c1-2-28-16-9-7-15(8-10-16)23-19(26)12-22-20(27)18-11-17(24-25-18)13-3-5-14(21)6-4-13/h3-10,17-18,24-25H,2,11-12H2,1H3,(H,22,27)(H,23,26). The molecular weight excluding hydrogens is 424 g/mol. The van der Waals surface area contributed by atoms with Gasteiger partial charge in [0, 0.05) is 16.2 Å². The second-order valence-electron chi connectivity index (χ2n) is 6.40. The minimum Gasteiger partial charge on any atom is -0.494 e. The third-order valence-electron chi connectivity index (χ3n) is 4.36. The molecule has 1 fully saturated rings. The molecule has 2 aromatic rings. The van der Waals surface area contributed by atoms with E-state index in [0.717, 1.165) is 15.8 Å². The zero-order valence-electron chi connectivity index (χ0n) is 15.5. The Bertz CT molecular complexity index is 811. The predicted octanol–water partition coefficient (Wildman–Crippen LogP) is 2.51. The minimum absolute atomic E-state index is 0.0431. The average molecular weight is 447 g/mol. The number of nitrogens with one attached hydrogen (secondary N) is 4. The predicted molar refractivity (Wildman–Crippen MR) is 111 cm³/mol. The smallest absolute Gasteiger partial charge is 0.243 e. The van der Waals surface area contributed by atoms with Crippen LogP contribution in [-0.4, -0.2) is 31.0 Å². The van der Waals surface area contributed by atoms with Crippen LogP contribution in [0.1, 0.15) is 24.9 Å². The van der Waals surface area contributed by atoms with Gasteiger partial charge in [-0.15, -0.1) is 0 Å². The van der Waals surface area contributed by atoms with Gasteiger partial charge in [0.1, 0.15) is 11.8 Å². The van der Waals surface area contributed by atoms with Crippen molar-refractivity contribution >= 4 is 33.4 Å². The maximum absolute atomic E-state index is 12.3. The molecule has 2 aromatic carbocycles. The second-order valence-corrected chi connectivity index (χ2v) is 7.32. The lowest BCUT2D eigenvalue weighted by Crippen LogP contribution is -2.45. The molecule has 2 atom stereocenters. The van der Waals surface area contributed by atoms with E-state index < -0.39 is 6.04 Å². The monoisotopic (exact) mass is 446 g/mol. The molecule has 0 spiro atoms. The molecule has 0 aliphatic carbocycles. The summed E-state index contributed by atoms with van der Waals surface area (Å²) in [7, 11) is 0. The van der Waals surface area contributed by atoms with Gasteiger partial charge in [-0.1, -0.05) is 28.1 Å². The molecule has 2 amide bonds. The number of anilines is 1. The summed E-state index contributed by atoms with van der Waals surface area (Å²) >= 11 is 3.41. The van der Waals surface area contributed by atoms with Gasteiger partial charge >= 0.3 is 0 Å². The second kappa shape index (κ2) is 9.68. The van der Waals surface area contributed by atoms with Crippen molar-refractivity contribution in [3.8, 4) is 5.75 Å². The van der Waals surface area contributed by atoms with Crippen molar-refractivity contribution in [2.24, 2.45) is 0 Å². The first-order valence-electron chi connectivity index (χ1n) is 9.12. The molecule has 4 N–H and O–H groups in total. The maximum Gasteiger partial charge on any atom is 0.243 e. The van der Waals surface area contributed by atoms with Gasteiger partial charge in [-0.05, 0) is 55.3 Å². The number of ether oxygens (including phenoxy) is 1. The Morgan fingerprint density at radius 3 is 2.50 bits per heavy atom. The summed E-state index contributed by atoms with van der Waals surface area (Å²) in [6, 6.07) is 14.7. The van der Waals surface area contributed by atoms with E-state index in [1.165, 1.54) is 0 Å². The summed E-state index contributed by atoms with van der Waals surface area (Å²) < 4.78 is 6.37. The number of hydrogen-bond donors (Lipinski definition) is 4. The molecule has 3 rings (SSSR count). The Labute approximate surface area is 172 Å². The first-order chi connectivity index (χ1) is 13.5. The molecule has 0 bridgehead atoms. The van der Waals surface area contributed by atoms with E-state index in [9.17, 15) is 9.59 Å². The Hall–Kier alpha value is -2.42. The zero-order valence-corrected chi connectivity index (χ0v) is 17.1. The first-order valence-corrected chi connectivity index (χ1v) is 9.91. The Balaban J connectivity index is 1.43. The van der Waals surface area contributed by atoms with Crippen LogP contribution < -0.4 is 26.2 Å². The minimum atomic E-state index is -0.396. The summed E-state index contributed by atoms with van der Waals surface area (Å²) in [5, 5.41) is 5.42. The lowest BCUT2D eigenvalue weighted by atomic mass is 10.0. The number of hydrazine groups is 1. The van der Waals surface area contributed by atoms with Crippen molar-refractivity contribution in [3.63, 3.8) is 0 Å². The molecule has 1 saturated heterocycles. The van der Waals surface area contributed by atoms with Gasteiger partial charge < -0.3 is 15.4 Å². The lowest BCUT2D eigenvalue weighted by Gasteiger charge is -2.11. The zero-order chi connectivity index (χ0) is 19.9. The number of halogens is 1. The third-order valence-corrected chi connectivity index (χ3v) is 4.89. The van der Waals surface area contributed by atoms with Crippen LogP contribution in [0.25, 0.3) is 0 Å². The Morgan fingerprint density at radius 2 is 1.82 bits per heavy atom. The van der Waals surface area contributed by atoms with Crippen LogP contribution in [0.4, 0.5) is 5.69 Å². The fourth-order valence-corrected chi connectivity index (χ4v) is 3.20. The highest BCUT2D eigenvalue weighted by Crippen LogP contribution is 2.23. The molecule has 7 nitrogen and oxygen atoms in total. The number of rotatable bonds is 7. The van der Waals surface area contributed by atoms with E-state index in [0.29, 0.717) is 18.7 Å². The van der Waals surface area contributed by atoms with Gasteiger partial charge in [-0.25, -0.2) is 10.9 Å². The molecule has 1 aliphatic rings.